The fourth-order valence-electron chi connectivity index (χ4n) is 1.35. The number of rotatable bonds is 1. The first-order chi connectivity index (χ1) is 6.29. The molecule has 66 valence electrons. The fraction of sp³-hybridized carbons (Fsp3) is 0.182. The smallest absolute Gasteiger partial charge is 0.136 e. The lowest BCUT2D eigenvalue weighted by Gasteiger charge is -2.04. The van der Waals surface area contributed by atoms with Crippen LogP contribution < -0.4 is 0 Å². The Kier molecular flexibility index (Phi) is 1.89. The molecule has 0 aliphatic heterocycles. The topological polar surface area (TPSA) is 17.8 Å². The normalized spacial score (nSPS) is 10.3. The average Bonchev–Trinajstić information content (AvgIpc) is 2.49. The van der Waals surface area contributed by atoms with Gasteiger partial charge in [0.1, 0.15) is 5.82 Å². The minimum absolute atomic E-state index is 0.980. The molecule has 0 fully saturated rings. The maximum atomic E-state index is 4.29. The molecule has 13 heavy (non-hydrogen) atoms. The third-order valence-electron chi connectivity index (χ3n) is 2.30. The molecule has 2 nitrogen and oxygen atoms in total. The summed E-state index contributed by atoms with van der Waals surface area (Å²) in [7, 11) is 0. The maximum Gasteiger partial charge on any atom is 0.136 e. The van der Waals surface area contributed by atoms with E-state index in [4.69, 9.17) is 0 Å². The van der Waals surface area contributed by atoms with Crippen LogP contribution in [0.1, 0.15) is 11.3 Å². The molecule has 0 aliphatic rings. The highest BCUT2D eigenvalue weighted by Crippen LogP contribution is 2.12. The van der Waals surface area contributed by atoms with Gasteiger partial charge < -0.3 is 4.57 Å². The summed E-state index contributed by atoms with van der Waals surface area (Å²) in [6.07, 6.45) is 3.86. The second kappa shape index (κ2) is 3.05. The second-order valence-electron chi connectivity index (χ2n) is 3.14. The van der Waals surface area contributed by atoms with Crippen LogP contribution in [0, 0.1) is 13.8 Å². The molecule has 0 unspecified atom stereocenters. The van der Waals surface area contributed by atoms with Crippen LogP contribution in [0.15, 0.2) is 36.7 Å². The highest BCUT2D eigenvalue weighted by molar-refractivity contribution is 5.31. The summed E-state index contributed by atoms with van der Waals surface area (Å²) in [5.41, 5.74) is 2.55. The van der Waals surface area contributed by atoms with Crippen molar-refractivity contribution in [2.45, 2.75) is 13.8 Å². The van der Waals surface area contributed by atoms with E-state index in [2.05, 4.69) is 29.5 Å². The van der Waals surface area contributed by atoms with Gasteiger partial charge >= 0.3 is 0 Å². The molecule has 0 aromatic carbocycles. The molecule has 0 radical (unpaired) electrons. The second-order valence-corrected chi connectivity index (χ2v) is 3.14. The standard InChI is InChI=1S/C11H12N2/c1-9-6-8-13(10(9)2)11-5-3-4-7-12-11/h3-8H,1-2H3. The van der Waals surface area contributed by atoms with Crippen LogP contribution in [0.25, 0.3) is 5.82 Å². The van der Waals surface area contributed by atoms with E-state index in [0.717, 1.165) is 5.82 Å². The number of aromatic nitrogens is 2. The summed E-state index contributed by atoms with van der Waals surface area (Å²) in [5.74, 6) is 0.980. The van der Waals surface area contributed by atoms with Gasteiger partial charge in [-0.25, -0.2) is 4.98 Å². The number of hydrogen-bond donors (Lipinski definition) is 0. The number of hydrogen-bond acceptors (Lipinski definition) is 1. The van der Waals surface area contributed by atoms with Crippen molar-refractivity contribution in [1.82, 2.24) is 9.55 Å². The molecule has 0 aliphatic carbocycles. The molecular weight excluding hydrogens is 160 g/mol. The SMILES string of the molecule is Cc1ccn(-c2ccccn2)c1C. The largest absolute Gasteiger partial charge is 0.306 e. The van der Waals surface area contributed by atoms with E-state index in [1.165, 1.54) is 11.3 Å². The molecule has 2 rings (SSSR count). The van der Waals surface area contributed by atoms with Gasteiger partial charge in [0.2, 0.25) is 0 Å². The molecule has 0 N–H and O–H groups in total. The van der Waals surface area contributed by atoms with Crippen LogP contribution in [0.3, 0.4) is 0 Å². The predicted molar refractivity (Wildman–Crippen MR) is 53.0 cm³/mol. The van der Waals surface area contributed by atoms with Gasteiger partial charge in [0.05, 0.1) is 0 Å². The molecule has 0 atom stereocenters. The van der Waals surface area contributed by atoms with E-state index in [1.54, 1.807) is 0 Å². The van der Waals surface area contributed by atoms with Crippen LogP contribution in [0.2, 0.25) is 0 Å². The maximum absolute atomic E-state index is 4.29. The first-order valence-corrected chi connectivity index (χ1v) is 4.35. The van der Waals surface area contributed by atoms with Crippen molar-refractivity contribution >= 4 is 0 Å². The van der Waals surface area contributed by atoms with E-state index in [-0.39, 0.29) is 0 Å². The van der Waals surface area contributed by atoms with Crippen LogP contribution in [-0.4, -0.2) is 9.55 Å². The van der Waals surface area contributed by atoms with Crippen LogP contribution >= 0.6 is 0 Å². The zero-order valence-electron chi connectivity index (χ0n) is 7.86. The summed E-state index contributed by atoms with van der Waals surface area (Å²) in [5, 5.41) is 0. The minimum Gasteiger partial charge on any atom is -0.306 e. The van der Waals surface area contributed by atoms with Gasteiger partial charge in [-0.2, -0.15) is 0 Å². The molecule has 0 bridgehead atoms. The molecule has 0 amide bonds. The molecule has 2 heteroatoms. The lowest BCUT2D eigenvalue weighted by atomic mass is 10.3. The summed E-state index contributed by atoms with van der Waals surface area (Å²) in [6.45, 7) is 4.21. The molecule has 0 spiro atoms. The van der Waals surface area contributed by atoms with Crippen molar-refractivity contribution in [2.75, 3.05) is 0 Å². The Morgan fingerprint density at radius 3 is 2.54 bits per heavy atom. The average molecular weight is 172 g/mol. The quantitative estimate of drug-likeness (QED) is 0.646. The Hall–Kier alpha value is -1.57. The monoisotopic (exact) mass is 172 g/mol. The van der Waals surface area contributed by atoms with Gasteiger partial charge in [-0.1, -0.05) is 6.07 Å². The third kappa shape index (κ3) is 1.35. The number of nitrogens with zero attached hydrogens (tertiary/aromatic N) is 2. The van der Waals surface area contributed by atoms with Gasteiger partial charge in [0.15, 0.2) is 0 Å². The summed E-state index contributed by atoms with van der Waals surface area (Å²) in [4.78, 5) is 4.29. The Morgan fingerprint density at radius 2 is 2.00 bits per heavy atom. The van der Waals surface area contributed by atoms with Gasteiger partial charge in [-0.15, -0.1) is 0 Å². The number of pyridine rings is 1. The van der Waals surface area contributed by atoms with Crippen molar-refractivity contribution in [3.8, 4) is 5.82 Å². The Labute approximate surface area is 77.9 Å². The highest BCUT2D eigenvalue weighted by Gasteiger charge is 2.01. The third-order valence-corrected chi connectivity index (χ3v) is 2.30. The molecule has 0 saturated carbocycles. The van der Waals surface area contributed by atoms with Gasteiger partial charge in [-0.3, -0.25) is 0 Å². The first kappa shape index (κ1) is 8.05. The predicted octanol–water partition coefficient (Wildman–Crippen LogP) is 2.49. The van der Waals surface area contributed by atoms with E-state index >= 15 is 0 Å². The zero-order valence-corrected chi connectivity index (χ0v) is 7.86. The van der Waals surface area contributed by atoms with Crippen LogP contribution in [-0.2, 0) is 0 Å². The van der Waals surface area contributed by atoms with Crippen LogP contribution in [0.4, 0.5) is 0 Å². The zero-order chi connectivity index (χ0) is 9.26. The van der Waals surface area contributed by atoms with E-state index in [0.29, 0.717) is 0 Å². The molecule has 2 aromatic heterocycles. The molecular formula is C11H12N2. The summed E-state index contributed by atoms with van der Waals surface area (Å²) >= 11 is 0. The Morgan fingerprint density at radius 1 is 1.15 bits per heavy atom. The van der Waals surface area contributed by atoms with Crippen molar-refractivity contribution < 1.29 is 0 Å². The van der Waals surface area contributed by atoms with E-state index in [1.807, 2.05) is 30.6 Å². The lowest BCUT2D eigenvalue weighted by molar-refractivity contribution is 0.955. The van der Waals surface area contributed by atoms with E-state index < -0.39 is 0 Å². The molecule has 2 aromatic rings. The summed E-state index contributed by atoms with van der Waals surface area (Å²) < 4.78 is 2.09. The highest BCUT2D eigenvalue weighted by atomic mass is 15.0. The number of aryl methyl sites for hydroxylation is 1. The van der Waals surface area contributed by atoms with Gasteiger partial charge in [0.25, 0.3) is 0 Å². The van der Waals surface area contributed by atoms with Crippen molar-refractivity contribution in [3.63, 3.8) is 0 Å². The van der Waals surface area contributed by atoms with Crippen molar-refractivity contribution in [1.29, 1.82) is 0 Å². The van der Waals surface area contributed by atoms with Crippen LogP contribution in [0.5, 0.6) is 0 Å². The Balaban J connectivity index is 2.53. The summed E-state index contributed by atoms with van der Waals surface area (Å²) in [6, 6.07) is 8.03. The Bertz CT molecular complexity index is 401. The lowest BCUT2D eigenvalue weighted by Crippen LogP contribution is -1.97. The van der Waals surface area contributed by atoms with Crippen molar-refractivity contribution in [2.24, 2.45) is 0 Å². The fourth-order valence-corrected chi connectivity index (χ4v) is 1.35. The van der Waals surface area contributed by atoms with Gasteiger partial charge in [-0.05, 0) is 37.6 Å². The minimum atomic E-state index is 0.980. The molecule has 0 saturated heterocycles. The molecule has 2 heterocycles. The van der Waals surface area contributed by atoms with Gasteiger partial charge in [0, 0.05) is 18.1 Å². The van der Waals surface area contributed by atoms with E-state index in [9.17, 15) is 0 Å². The van der Waals surface area contributed by atoms with Crippen molar-refractivity contribution in [3.05, 3.63) is 47.9 Å². The first-order valence-electron chi connectivity index (χ1n) is 4.35.